The van der Waals surface area contributed by atoms with Gasteiger partial charge in [0.2, 0.25) is 0 Å². The molecule has 32 valence electrons. The maximum absolute atomic E-state index is 0. The Morgan fingerprint density at radius 2 is 0.500 bits per heavy atom. The second-order valence-electron chi connectivity index (χ2n) is 0. The maximum atomic E-state index is 0. The average Bonchev–Trinajstić information content (AvgIpc) is 0. The van der Waals surface area contributed by atoms with Crippen LogP contribution in [0.15, 0.2) is 0 Å². The van der Waals surface area contributed by atoms with Gasteiger partial charge in [-0.05, 0) is 0 Å². The molecule has 0 fully saturated rings. The molecule has 0 aromatic carbocycles. The minimum atomic E-state index is 0. The molecular formula is H10Ca4Cl2. The predicted octanol–water partition coefficient (Wildman–Crippen LogP) is 0.220. The minimum absolute atomic E-state index is 0. The minimum Gasteiger partial charge on any atom is -1.00 e. The van der Waals surface area contributed by atoms with E-state index in [4.69, 9.17) is 0 Å². The summed E-state index contributed by atoms with van der Waals surface area (Å²) in [6, 6.07) is 0. The molecule has 0 atom stereocenters. The van der Waals surface area contributed by atoms with Crippen LogP contribution in [0.25, 0.3) is 0 Å². The van der Waals surface area contributed by atoms with Gasteiger partial charge in [-0.1, -0.05) is 0 Å². The van der Waals surface area contributed by atoms with Gasteiger partial charge in [0.15, 0.2) is 0 Å². The first-order valence-corrected chi connectivity index (χ1v) is 0. The number of hydrogen-bond donors (Lipinski definition) is 0. The Morgan fingerprint density at radius 1 is 0.500 bits per heavy atom. The van der Waals surface area contributed by atoms with Crippen molar-refractivity contribution in [2.24, 2.45) is 0 Å². The van der Waals surface area contributed by atoms with E-state index in [9.17, 15) is 0 Å². The van der Waals surface area contributed by atoms with Crippen molar-refractivity contribution in [1.29, 1.82) is 0 Å². The summed E-state index contributed by atoms with van der Waals surface area (Å²) >= 11 is 0. The number of rotatable bonds is 0. The molecule has 0 aliphatic heterocycles. The van der Waals surface area contributed by atoms with Gasteiger partial charge in [0, 0.05) is 0 Å². The second kappa shape index (κ2) is 31.1. The normalized spacial score (nSPS) is 0. The third-order valence-electron chi connectivity index (χ3n) is 0. The largest absolute Gasteiger partial charge is 2.00 e. The second-order valence-corrected chi connectivity index (χ2v) is 0. The van der Waals surface area contributed by atoms with Crippen molar-refractivity contribution >= 4 is 176 Å². The molecule has 0 aromatic rings. The third-order valence-corrected chi connectivity index (χ3v) is 0. The van der Waals surface area contributed by atoms with E-state index in [0.717, 1.165) is 0 Å². The fourth-order valence-electron chi connectivity index (χ4n) is 0. The topological polar surface area (TPSA) is 0 Å². The third kappa shape index (κ3) is 22.6. The Hall–Kier alpha value is 5.62. The van der Waals surface area contributed by atoms with Gasteiger partial charge in [-0.25, -0.2) is 0 Å². The Labute approximate surface area is 182 Å². The van der Waals surface area contributed by atoms with Crippen molar-refractivity contribution in [1.82, 2.24) is 0 Å². The van der Waals surface area contributed by atoms with E-state index in [-0.39, 0.29) is 187 Å². The molecule has 0 nitrogen and oxygen atoms in total. The zero-order chi connectivity index (χ0) is 0. The van der Waals surface area contributed by atoms with E-state index in [1.54, 1.807) is 0 Å². The average molecular weight is 241 g/mol. The Morgan fingerprint density at radius 3 is 0.500 bits per heavy atom. The Kier molecular flexibility index (Phi) is 215. The first-order chi connectivity index (χ1) is 0. The Balaban J connectivity index is 0. The molecule has 0 N–H and O–H groups in total. The van der Waals surface area contributed by atoms with Crippen molar-refractivity contribution in [3.8, 4) is 0 Å². The van der Waals surface area contributed by atoms with Gasteiger partial charge < -0.3 is 11.4 Å². The molecule has 0 aliphatic carbocycles. The van der Waals surface area contributed by atoms with Gasteiger partial charge in [-0.15, -0.1) is 24.8 Å². The summed E-state index contributed by atoms with van der Waals surface area (Å²) in [6.45, 7) is 0. The van der Waals surface area contributed by atoms with Crippen molar-refractivity contribution in [3.05, 3.63) is 0 Å². The van der Waals surface area contributed by atoms with E-state index < -0.39 is 0 Å². The molecule has 0 rings (SSSR count). The first-order valence-electron chi connectivity index (χ1n) is 0. The molecule has 0 spiro atoms. The summed E-state index contributed by atoms with van der Waals surface area (Å²) in [4.78, 5) is 0. The maximum Gasteiger partial charge on any atom is 2.00 e. The summed E-state index contributed by atoms with van der Waals surface area (Å²) in [7, 11) is 0. The van der Waals surface area contributed by atoms with Crippen LogP contribution < -0.4 is 0 Å². The monoisotopic (exact) mass is 240 g/mol. The van der Waals surface area contributed by atoms with Crippen LogP contribution in [0.3, 0.4) is 0 Å². The van der Waals surface area contributed by atoms with E-state index >= 15 is 0 Å². The quantitative estimate of drug-likeness (QED) is 0.532. The van der Waals surface area contributed by atoms with Crippen molar-refractivity contribution in [2.45, 2.75) is 0 Å². The molecule has 0 heterocycles. The molecule has 0 saturated carbocycles. The van der Waals surface area contributed by atoms with Gasteiger partial charge in [0.05, 0.1) is 0 Å². The van der Waals surface area contributed by atoms with Crippen LogP contribution in [0.4, 0.5) is 0 Å². The van der Waals surface area contributed by atoms with Crippen LogP contribution in [-0.4, -0.2) is 151 Å². The van der Waals surface area contributed by atoms with Crippen molar-refractivity contribution in [2.75, 3.05) is 0 Å². The molecule has 0 radical (unpaired) electrons. The summed E-state index contributed by atoms with van der Waals surface area (Å²) < 4.78 is 0. The molecule has 0 amide bonds. The van der Waals surface area contributed by atoms with Gasteiger partial charge >= 0.3 is 151 Å². The summed E-state index contributed by atoms with van der Waals surface area (Å²) in [6.07, 6.45) is 0. The van der Waals surface area contributed by atoms with Gasteiger partial charge in [0.25, 0.3) is 0 Å². The molecule has 0 aliphatic rings. The molecule has 0 unspecified atom stereocenters. The molecule has 6 heavy (non-hydrogen) atoms. The van der Waals surface area contributed by atoms with Gasteiger partial charge in [-0.2, -0.15) is 0 Å². The van der Waals surface area contributed by atoms with Crippen molar-refractivity contribution < 1.29 is 11.4 Å². The molecule has 0 bridgehead atoms. The van der Waals surface area contributed by atoms with Gasteiger partial charge in [0.1, 0.15) is 0 Å². The van der Waals surface area contributed by atoms with Crippen LogP contribution in [0.1, 0.15) is 11.4 Å². The Bertz CT molecular complexity index is 19.3. The standard InChI is InChI=1S/4Ca.2ClH.8H/h;;;;2*1H;;;;;;;;/q4*+2;;;8*-1. The fourth-order valence-corrected chi connectivity index (χ4v) is 0. The van der Waals surface area contributed by atoms with E-state index in [1.807, 2.05) is 0 Å². The van der Waals surface area contributed by atoms with Crippen LogP contribution in [0.5, 0.6) is 0 Å². The van der Waals surface area contributed by atoms with Gasteiger partial charge in [-0.3, -0.25) is 0 Å². The molecule has 6 heteroatoms. The van der Waals surface area contributed by atoms with E-state index in [2.05, 4.69) is 0 Å². The zero-order valence-electron chi connectivity index (χ0n) is 11.6. The molecular weight excluding hydrogens is 231 g/mol. The predicted molar refractivity (Wildman–Crippen MR) is 46.4 cm³/mol. The van der Waals surface area contributed by atoms with E-state index in [1.165, 1.54) is 0 Å². The molecule has 0 aromatic heterocycles. The summed E-state index contributed by atoms with van der Waals surface area (Å²) in [5, 5.41) is 0. The van der Waals surface area contributed by atoms with Crippen molar-refractivity contribution in [3.63, 3.8) is 0 Å². The SMILES string of the molecule is Cl.Cl.[Ca+2].[Ca+2].[Ca+2].[Ca+2].[H-].[H-].[H-].[H-].[H-].[H-].[H-].[H-]. The summed E-state index contributed by atoms with van der Waals surface area (Å²) in [5.41, 5.74) is 0. The smallest absolute Gasteiger partial charge is 1.00 e. The van der Waals surface area contributed by atoms with E-state index in [0.29, 0.717) is 0 Å². The molecule has 0 saturated heterocycles. The number of halogens is 2. The van der Waals surface area contributed by atoms with Crippen LogP contribution in [-0.2, 0) is 0 Å². The van der Waals surface area contributed by atoms with Crippen LogP contribution >= 0.6 is 24.8 Å². The first kappa shape index (κ1) is 41.5. The number of hydrogen-bond acceptors (Lipinski definition) is 0. The van der Waals surface area contributed by atoms with Crippen LogP contribution in [0.2, 0.25) is 0 Å². The zero-order valence-corrected chi connectivity index (χ0v) is 14.1. The van der Waals surface area contributed by atoms with Crippen LogP contribution in [0, 0.1) is 0 Å². The summed E-state index contributed by atoms with van der Waals surface area (Å²) in [5.74, 6) is 0. The fraction of sp³-hybridized carbons (Fsp3) is 0.